The number of nitrogen functional groups attached to an aromatic ring is 1. The van der Waals surface area contributed by atoms with E-state index in [-0.39, 0.29) is 24.1 Å². The number of anilines is 3. The number of nitrogens with zero attached hydrogens (tertiary/aromatic N) is 5. The molecule has 1 aliphatic carbocycles. The van der Waals surface area contributed by atoms with Crippen molar-refractivity contribution < 1.29 is 14.3 Å². The molecule has 4 fully saturated rings. The number of aromatic nitrogens is 2. The minimum absolute atomic E-state index is 0.106. The number of ether oxygens (including phenoxy) is 1. The largest absolute Gasteiger partial charge is 0.444 e. The fourth-order valence-electron chi connectivity index (χ4n) is 6.94. The van der Waals surface area contributed by atoms with Gasteiger partial charge in [0.25, 0.3) is 0 Å². The monoisotopic (exact) mass is 526 g/mol. The molecule has 9 nitrogen and oxygen atoms in total. The highest BCUT2D eigenvalue weighted by molar-refractivity contribution is 6.13. The lowest BCUT2D eigenvalue weighted by Crippen LogP contribution is -2.70. The van der Waals surface area contributed by atoms with Gasteiger partial charge in [-0.1, -0.05) is 12.5 Å². The van der Waals surface area contributed by atoms with E-state index in [1.807, 2.05) is 63.3 Å². The van der Waals surface area contributed by atoms with E-state index in [9.17, 15) is 9.59 Å². The van der Waals surface area contributed by atoms with E-state index in [4.69, 9.17) is 15.5 Å². The third-order valence-electron chi connectivity index (χ3n) is 8.93. The lowest BCUT2D eigenvalue weighted by molar-refractivity contribution is -0.125. The Morgan fingerprint density at radius 3 is 2.46 bits per heavy atom. The standard InChI is InChI=1S/C30H34N6O3/c1-29(2,3)39-28(38)36-19-12-20(36)16-35(15-19)26-22(31)11-18(13-33-26)17-6-7-23-21(10-17)25-24(14-32-23)34(4)27(37)30(25)8-5-9-30/h6-7,10-11,13-14,19-20H,5,8-9,12,15-16,31H2,1-4H3. The van der Waals surface area contributed by atoms with E-state index >= 15 is 0 Å². The summed E-state index contributed by atoms with van der Waals surface area (Å²) in [5.74, 6) is 0.935. The minimum Gasteiger partial charge on any atom is -0.444 e. The van der Waals surface area contributed by atoms with Crippen LogP contribution in [0, 0.1) is 0 Å². The number of hydrogen-bond donors (Lipinski definition) is 1. The maximum absolute atomic E-state index is 13.2. The van der Waals surface area contributed by atoms with Gasteiger partial charge >= 0.3 is 6.09 Å². The molecular weight excluding hydrogens is 492 g/mol. The second kappa shape index (κ2) is 8.07. The Morgan fingerprint density at radius 2 is 1.82 bits per heavy atom. The Balaban J connectivity index is 1.16. The summed E-state index contributed by atoms with van der Waals surface area (Å²) in [6.45, 7) is 7.04. The topological polar surface area (TPSA) is 105 Å². The van der Waals surface area contributed by atoms with Crippen molar-refractivity contribution in [2.75, 3.05) is 35.7 Å². The van der Waals surface area contributed by atoms with Gasteiger partial charge in [-0.25, -0.2) is 9.78 Å². The summed E-state index contributed by atoms with van der Waals surface area (Å²) in [6.07, 6.45) is 7.28. The number of rotatable bonds is 2. The second-order valence-corrected chi connectivity index (χ2v) is 12.5. The zero-order chi connectivity index (χ0) is 27.3. The van der Waals surface area contributed by atoms with Crippen molar-refractivity contribution in [3.8, 4) is 11.1 Å². The van der Waals surface area contributed by atoms with Gasteiger partial charge in [-0.3, -0.25) is 14.7 Å². The van der Waals surface area contributed by atoms with Gasteiger partial charge in [0, 0.05) is 42.8 Å². The minimum atomic E-state index is -0.509. The van der Waals surface area contributed by atoms with Crippen LogP contribution >= 0.6 is 0 Å². The number of nitrogens with two attached hydrogens (primary N) is 1. The Morgan fingerprint density at radius 1 is 1.08 bits per heavy atom. The highest BCUT2D eigenvalue weighted by Gasteiger charge is 2.54. The van der Waals surface area contributed by atoms with Crippen LogP contribution in [0.3, 0.4) is 0 Å². The smallest absolute Gasteiger partial charge is 0.410 e. The number of benzene rings is 1. The van der Waals surface area contributed by atoms with Crippen LogP contribution in [0.25, 0.3) is 22.0 Å². The number of pyridine rings is 2. The molecule has 2 N–H and O–H groups in total. The third-order valence-corrected chi connectivity index (χ3v) is 8.93. The first-order chi connectivity index (χ1) is 18.6. The fourth-order valence-corrected chi connectivity index (χ4v) is 6.94. The first-order valence-corrected chi connectivity index (χ1v) is 13.8. The maximum atomic E-state index is 13.2. The van der Waals surface area contributed by atoms with Gasteiger partial charge in [-0.15, -0.1) is 0 Å². The summed E-state index contributed by atoms with van der Waals surface area (Å²) < 4.78 is 5.60. The number of hydrogen-bond acceptors (Lipinski definition) is 7. The van der Waals surface area contributed by atoms with E-state index in [2.05, 4.69) is 16.0 Å². The summed E-state index contributed by atoms with van der Waals surface area (Å²) >= 11 is 0. The van der Waals surface area contributed by atoms with Crippen LogP contribution in [0.4, 0.5) is 22.0 Å². The van der Waals surface area contributed by atoms with Crippen molar-refractivity contribution in [1.29, 1.82) is 0 Å². The summed E-state index contributed by atoms with van der Waals surface area (Å²) in [5, 5.41) is 1.03. The van der Waals surface area contributed by atoms with Crippen LogP contribution in [0.15, 0.2) is 36.7 Å². The van der Waals surface area contributed by atoms with Crippen LogP contribution < -0.4 is 15.5 Å². The Bertz CT molecular complexity index is 1530. The predicted molar refractivity (Wildman–Crippen MR) is 151 cm³/mol. The van der Waals surface area contributed by atoms with Crippen LogP contribution in [0.5, 0.6) is 0 Å². The molecule has 1 spiro atoms. The van der Waals surface area contributed by atoms with E-state index < -0.39 is 11.0 Å². The average molecular weight is 527 g/mol. The van der Waals surface area contributed by atoms with Crippen molar-refractivity contribution in [1.82, 2.24) is 14.9 Å². The maximum Gasteiger partial charge on any atom is 0.410 e. The van der Waals surface area contributed by atoms with Crippen LogP contribution in [0.2, 0.25) is 0 Å². The molecule has 2 aromatic heterocycles. The number of carbonyl (C=O) groups excluding carboxylic acids is 2. The van der Waals surface area contributed by atoms with Crippen molar-refractivity contribution in [2.24, 2.45) is 0 Å². The Labute approximate surface area is 227 Å². The van der Waals surface area contributed by atoms with Crippen LogP contribution in [-0.4, -0.2) is 64.7 Å². The zero-order valence-corrected chi connectivity index (χ0v) is 22.9. The van der Waals surface area contributed by atoms with Crippen molar-refractivity contribution in [3.63, 3.8) is 0 Å². The van der Waals surface area contributed by atoms with Crippen molar-refractivity contribution in [2.45, 2.75) is 69.6 Å². The van der Waals surface area contributed by atoms with Gasteiger partial charge in [0.05, 0.1) is 40.6 Å². The molecule has 4 aliphatic heterocycles. The third kappa shape index (κ3) is 3.51. The zero-order valence-electron chi connectivity index (χ0n) is 22.9. The number of piperidine rings is 1. The Kier molecular flexibility index (Phi) is 5.00. The number of amides is 2. The molecule has 0 radical (unpaired) electrons. The lowest BCUT2D eigenvalue weighted by atomic mass is 9.64. The summed E-state index contributed by atoms with van der Waals surface area (Å²) in [5.41, 5.74) is 11.1. The molecule has 5 aliphatic rings. The van der Waals surface area contributed by atoms with Gasteiger partial charge in [0.1, 0.15) is 5.60 Å². The first kappa shape index (κ1) is 24.2. The number of fused-ring (bicyclic) bond motifs is 6. The Hall–Kier alpha value is -3.88. The van der Waals surface area contributed by atoms with E-state index in [0.717, 1.165) is 64.8 Å². The SMILES string of the molecule is CN1C(=O)C2(CCC2)c2c1cnc1ccc(-c3cnc(N4CC5CC(C4)N5C(=O)OC(C)(C)C)c(N)c3)cc21. The second-order valence-electron chi connectivity index (χ2n) is 12.5. The fraction of sp³-hybridized carbons (Fsp3) is 0.467. The first-order valence-electron chi connectivity index (χ1n) is 13.8. The van der Waals surface area contributed by atoms with Crippen molar-refractivity contribution in [3.05, 3.63) is 42.2 Å². The number of carbonyl (C=O) groups is 2. The van der Waals surface area contributed by atoms with Crippen LogP contribution in [-0.2, 0) is 14.9 Å². The normalized spacial score (nSPS) is 23.1. The molecule has 39 heavy (non-hydrogen) atoms. The van der Waals surface area contributed by atoms with Gasteiger partial charge in [0.2, 0.25) is 5.91 Å². The molecule has 6 heterocycles. The van der Waals surface area contributed by atoms with Gasteiger partial charge in [-0.05, 0) is 63.8 Å². The molecule has 2 bridgehead atoms. The molecule has 202 valence electrons. The molecule has 2 amide bonds. The van der Waals surface area contributed by atoms with Gasteiger partial charge in [-0.2, -0.15) is 0 Å². The molecular formula is C30H34N6O3. The molecule has 8 rings (SSSR count). The van der Waals surface area contributed by atoms with E-state index in [1.54, 1.807) is 4.90 Å². The highest BCUT2D eigenvalue weighted by atomic mass is 16.6. The molecule has 1 saturated carbocycles. The molecule has 3 saturated heterocycles. The highest BCUT2D eigenvalue weighted by Crippen LogP contribution is 2.55. The molecule has 9 heteroatoms. The predicted octanol–water partition coefficient (Wildman–Crippen LogP) is 4.48. The quantitative estimate of drug-likeness (QED) is 0.525. The van der Waals surface area contributed by atoms with Gasteiger partial charge < -0.3 is 20.3 Å². The van der Waals surface area contributed by atoms with E-state index in [1.165, 1.54) is 0 Å². The lowest BCUT2D eigenvalue weighted by Gasteiger charge is -2.56. The van der Waals surface area contributed by atoms with Crippen molar-refractivity contribution >= 4 is 40.1 Å². The number of piperazine rings is 1. The van der Waals surface area contributed by atoms with Crippen LogP contribution in [0.1, 0.15) is 52.0 Å². The molecule has 2 unspecified atom stereocenters. The molecule has 2 atom stereocenters. The summed E-state index contributed by atoms with van der Waals surface area (Å²) in [7, 11) is 1.85. The van der Waals surface area contributed by atoms with Gasteiger partial charge in [0.15, 0.2) is 5.82 Å². The van der Waals surface area contributed by atoms with E-state index in [0.29, 0.717) is 18.8 Å². The average Bonchev–Trinajstić information content (AvgIpc) is 3.09. The molecule has 1 aromatic carbocycles. The molecule has 3 aromatic rings. The number of likely N-dealkylation sites (N-methyl/N-ethyl adjacent to an activating group) is 1. The summed E-state index contributed by atoms with van der Waals surface area (Å²) in [4.78, 5) is 41.1. The summed E-state index contributed by atoms with van der Waals surface area (Å²) in [6, 6.07) is 8.39.